The van der Waals surface area contributed by atoms with E-state index in [1.54, 1.807) is 6.07 Å². The van der Waals surface area contributed by atoms with Gasteiger partial charge in [-0.2, -0.15) is 5.10 Å². The second kappa shape index (κ2) is 4.86. The highest BCUT2D eigenvalue weighted by molar-refractivity contribution is 6.30. The van der Waals surface area contributed by atoms with Crippen molar-refractivity contribution in [1.82, 2.24) is 10.2 Å². The molecule has 1 N–H and O–H groups in total. The van der Waals surface area contributed by atoms with Gasteiger partial charge in [-0.3, -0.25) is 5.10 Å². The van der Waals surface area contributed by atoms with Crippen molar-refractivity contribution in [2.45, 2.75) is 0 Å². The van der Waals surface area contributed by atoms with E-state index < -0.39 is 0 Å². The normalized spacial score (nSPS) is 10.6. The first kappa shape index (κ1) is 11.9. The van der Waals surface area contributed by atoms with Crippen LogP contribution in [0.5, 0.6) is 0 Å². The molecular formula is C15H10ClFN2. The van der Waals surface area contributed by atoms with Crippen LogP contribution in [0.25, 0.3) is 22.5 Å². The third-order valence-electron chi connectivity index (χ3n) is 2.87. The van der Waals surface area contributed by atoms with E-state index in [0.29, 0.717) is 16.3 Å². The fraction of sp³-hybridized carbons (Fsp3) is 0. The molecule has 19 heavy (non-hydrogen) atoms. The number of rotatable bonds is 2. The lowest BCUT2D eigenvalue weighted by Gasteiger charge is -2.00. The Morgan fingerprint density at radius 2 is 1.79 bits per heavy atom. The fourth-order valence-electron chi connectivity index (χ4n) is 1.92. The minimum absolute atomic E-state index is 0.326. The van der Waals surface area contributed by atoms with Gasteiger partial charge in [0.1, 0.15) is 5.82 Å². The summed E-state index contributed by atoms with van der Waals surface area (Å²) in [6.07, 6.45) is 0. The molecule has 0 saturated heterocycles. The van der Waals surface area contributed by atoms with Crippen LogP contribution >= 0.6 is 11.6 Å². The maximum atomic E-state index is 13.8. The molecule has 0 atom stereocenters. The Labute approximate surface area is 114 Å². The third kappa shape index (κ3) is 2.37. The topological polar surface area (TPSA) is 28.7 Å². The van der Waals surface area contributed by atoms with Crippen LogP contribution in [-0.4, -0.2) is 10.2 Å². The van der Waals surface area contributed by atoms with Gasteiger partial charge < -0.3 is 0 Å². The summed E-state index contributed by atoms with van der Waals surface area (Å²) in [5, 5.41) is 7.53. The molecule has 0 saturated carbocycles. The highest BCUT2D eigenvalue weighted by Crippen LogP contribution is 2.27. The zero-order valence-electron chi connectivity index (χ0n) is 9.90. The van der Waals surface area contributed by atoms with E-state index in [1.165, 1.54) is 12.1 Å². The van der Waals surface area contributed by atoms with Crippen molar-refractivity contribution in [2.75, 3.05) is 0 Å². The number of aromatic amines is 1. The van der Waals surface area contributed by atoms with Crippen LogP contribution in [0.1, 0.15) is 0 Å². The summed E-state index contributed by atoms with van der Waals surface area (Å²) in [7, 11) is 0. The molecule has 0 aliphatic carbocycles. The Morgan fingerprint density at radius 3 is 2.58 bits per heavy atom. The van der Waals surface area contributed by atoms with Crippen LogP contribution in [0.4, 0.5) is 4.39 Å². The summed E-state index contributed by atoms with van der Waals surface area (Å²) in [5.41, 5.74) is 2.78. The maximum Gasteiger partial charge on any atom is 0.132 e. The first-order valence-corrected chi connectivity index (χ1v) is 6.18. The minimum atomic E-state index is -0.326. The molecule has 2 aromatic carbocycles. The molecule has 94 valence electrons. The third-order valence-corrected chi connectivity index (χ3v) is 3.10. The fourth-order valence-corrected chi connectivity index (χ4v) is 2.09. The average molecular weight is 273 g/mol. The summed E-state index contributed by atoms with van der Waals surface area (Å²) in [4.78, 5) is 0. The van der Waals surface area contributed by atoms with Crippen molar-refractivity contribution < 1.29 is 4.39 Å². The molecule has 1 heterocycles. The van der Waals surface area contributed by atoms with Gasteiger partial charge in [0.2, 0.25) is 0 Å². The first-order valence-electron chi connectivity index (χ1n) is 5.80. The lowest BCUT2D eigenvalue weighted by molar-refractivity contribution is 0.630. The van der Waals surface area contributed by atoms with E-state index in [-0.39, 0.29) is 5.82 Å². The molecule has 0 aliphatic heterocycles. The predicted octanol–water partition coefficient (Wildman–Crippen LogP) is 4.54. The number of hydrogen-bond acceptors (Lipinski definition) is 1. The van der Waals surface area contributed by atoms with Gasteiger partial charge in [-0.1, -0.05) is 41.9 Å². The van der Waals surface area contributed by atoms with Crippen LogP contribution in [0.2, 0.25) is 5.02 Å². The Bertz CT molecular complexity index is 707. The van der Waals surface area contributed by atoms with Gasteiger partial charge in [0.15, 0.2) is 0 Å². The Kier molecular flexibility index (Phi) is 3.05. The van der Waals surface area contributed by atoms with Crippen LogP contribution in [0.3, 0.4) is 0 Å². The van der Waals surface area contributed by atoms with Gasteiger partial charge in [0.05, 0.1) is 11.4 Å². The van der Waals surface area contributed by atoms with Crippen molar-refractivity contribution in [3.05, 3.63) is 65.4 Å². The number of H-pyrrole nitrogens is 1. The maximum absolute atomic E-state index is 13.8. The highest BCUT2D eigenvalue weighted by atomic mass is 35.5. The summed E-state index contributed by atoms with van der Waals surface area (Å²) >= 11 is 5.89. The second-order valence-electron chi connectivity index (χ2n) is 4.16. The van der Waals surface area contributed by atoms with Gasteiger partial charge in [-0.05, 0) is 24.3 Å². The predicted molar refractivity (Wildman–Crippen MR) is 74.4 cm³/mol. The second-order valence-corrected chi connectivity index (χ2v) is 4.59. The number of benzene rings is 2. The molecule has 3 aromatic rings. The van der Waals surface area contributed by atoms with Crippen molar-refractivity contribution in [3.63, 3.8) is 0 Å². The van der Waals surface area contributed by atoms with Crippen LogP contribution in [0, 0.1) is 5.82 Å². The first-order chi connectivity index (χ1) is 9.24. The van der Waals surface area contributed by atoms with Crippen molar-refractivity contribution in [2.24, 2.45) is 0 Å². The largest absolute Gasteiger partial charge is 0.277 e. The molecule has 2 nitrogen and oxygen atoms in total. The zero-order chi connectivity index (χ0) is 13.2. The Morgan fingerprint density at radius 1 is 1.00 bits per heavy atom. The van der Waals surface area contributed by atoms with E-state index in [9.17, 15) is 4.39 Å². The van der Waals surface area contributed by atoms with Crippen LogP contribution in [0.15, 0.2) is 54.6 Å². The summed E-state index contributed by atoms with van der Waals surface area (Å²) in [6.45, 7) is 0. The molecule has 0 aliphatic rings. The summed E-state index contributed by atoms with van der Waals surface area (Å²) in [5.74, 6) is -0.326. The molecule has 0 unspecified atom stereocenters. The van der Waals surface area contributed by atoms with E-state index in [4.69, 9.17) is 11.6 Å². The molecule has 1 aromatic heterocycles. The molecule has 0 bridgehead atoms. The molecule has 0 radical (unpaired) electrons. The molecule has 0 fully saturated rings. The van der Waals surface area contributed by atoms with Gasteiger partial charge in [0, 0.05) is 16.1 Å². The average Bonchev–Trinajstić information content (AvgIpc) is 2.92. The summed E-state index contributed by atoms with van der Waals surface area (Å²) in [6, 6.07) is 16.0. The van der Waals surface area contributed by atoms with Crippen LogP contribution in [-0.2, 0) is 0 Å². The molecular weight excluding hydrogens is 263 g/mol. The quantitative estimate of drug-likeness (QED) is 0.729. The van der Waals surface area contributed by atoms with Gasteiger partial charge in [-0.15, -0.1) is 0 Å². The van der Waals surface area contributed by atoms with E-state index in [1.807, 2.05) is 36.4 Å². The molecule has 4 heteroatoms. The lowest BCUT2D eigenvalue weighted by Crippen LogP contribution is -1.84. The van der Waals surface area contributed by atoms with E-state index in [2.05, 4.69) is 10.2 Å². The molecule has 3 rings (SSSR count). The monoisotopic (exact) mass is 272 g/mol. The van der Waals surface area contributed by atoms with Crippen molar-refractivity contribution in [1.29, 1.82) is 0 Å². The number of hydrogen-bond donors (Lipinski definition) is 1. The summed E-state index contributed by atoms with van der Waals surface area (Å²) < 4.78 is 13.8. The standard InChI is InChI=1S/C15H10ClFN2/c16-11-6-7-13(17)12(8-11)15-9-14(18-19-15)10-4-2-1-3-5-10/h1-9H,(H,18,19). The molecule has 0 amide bonds. The number of aromatic nitrogens is 2. The number of halogens is 2. The Balaban J connectivity index is 2.04. The van der Waals surface area contributed by atoms with Gasteiger partial charge in [-0.25, -0.2) is 4.39 Å². The van der Waals surface area contributed by atoms with Crippen molar-refractivity contribution in [3.8, 4) is 22.5 Å². The number of nitrogens with one attached hydrogen (secondary N) is 1. The van der Waals surface area contributed by atoms with Gasteiger partial charge >= 0.3 is 0 Å². The Hall–Kier alpha value is -2.13. The number of nitrogens with zero attached hydrogens (tertiary/aromatic N) is 1. The van der Waals surface area contributed by atoms with E-state index >= 15 is 0 Å². The lowest BCUT2D eigenvalue weighted by atomic mass is 10.1. The SMILES string of the molecule is Fc1ccc(Cl)cc1-c1cc(-c2ccccc2)n[nH]1. The molecule has 0 spiro atoms. The van der Waals surface area contributed by atoms with Crippen LogP contribution < -0.4 is 0 Å². The highest BCUT2D eigenvalue weighted by Gasteiger charge is 2.10. The van der Waals surface area contributed by atoms with E-state index in [0.717, 1.165) is 11.3 Å². The zero-order valence-corrected chi connectivity index (χ0v) is 10.7. The smallest absolute Gasteiger partial charge is 0.132 e. The van der Waals surface area contributed by atoms with Crippen molar-refractivity contribution >= 4 is 11.6 Å². The van der Waals surface area contributed by atoms with Gasteiger partial charge in [0.25, 0.3) is 0 Å². The minimum Gasteiger partial charge on any atom is -0.277 e.